The third-order valence-electron chi connectivity index (χ3n) is 6.52. The molecule has 1 amide bonds. The molecule has 11 heteroatoms. The number of carbonyl (C=O) groups is 1. The van der Waals surface area contributed by atoms with Crippen molar-refractivity contribution < 1.29 is 9.18 Å². The van der Waals surface area contributed by atoms with Crippen LogP contribution in [-0.4, -0.2) is 63.0 Å². The van der Waals surface area contributed by atoms with Crippen LogP contribution in [0.25, 0.3) is 10.6 Å². The summed E-state index contributed by atoms with van der Waals surface area (Å²) in [7, 11) is 0. The van der Waals surface area contributed by atoms with Gasteiger partial charge in [0.1, 0.15) is 11.5 Å². The first-order valence-corrected chi connectivity index (χ1v) is 12.8. The van der Waals surface area contributed by atoms with Gasteiger partial charge < -0.3 is 20.4 Å². The van der Waals surface area contributed by atoms with Gasteiger partial charge in [-0.05, 0) is 31.9 Å². The highest BCUT2D eigenvalue weighted by atomic mass is 32.1. The van der Waals surface area contributed by atoms with Crippen LogP contribution in [0, 0.1) is 12.7 Å². The maximum Gasteiger partial charge on any atom is 0.229 e. The zero-order chi connectivity index (χ0) is 24.4. The molecule has 0 radical (unpaired) electrons. The van der Waals surface area contributed by atoms with Gasteiger partial charge in [-0.15, -0.1) is 0 Å². The van der Waals surface area contributed by atoms with Crippen molar-refractivity contribution in [2.75, 3.05) is 41.7 Å². The Kier molecular flexibility index (Phi) is 6.76. The number of carbonyl (C=O) groups excluding carboxylic acids is 1. The van der Waals surface area contributed by atoms with E-state index in [1.54, 1.807) is 13.1 Å². The number of thiazole rings is 1. The highest BCUT2D eigenvalue weighted by Gasteiger charge is 2.21. The van der Waals surface area contributed by atoms with Crippen LogP contribution in [0.15, 0.2) is 24.5 Å². The van der Waals surface area contributed by atoms with Gasteiger partial charge in [-0.3, -0.25) is 4.79 Å². The second kappa shape index (κ2) is 10.1. The number of aryl methyl sites for hydroxylation is 1. The van der Waals surface area contributed by atoms with Crippen LogP contribution in [0.5, 0.6) is 0 Å². The number of aromatic nitrogens is 4. The van der Waals surface area contributed by atoms with Crippen molar-refractivity contribution in [2.24, 2.45) is 0 Å². The van der Waals surface area contributed by atoms with Gasteiger partial charge in [-0.25, -0.2) is 24.3 Å². The van der Waals surface area contributed by atoms with Gasteiger partial charge in [0.15, 0.2) is 10.9 Å². The molecule has 0 unspecified atom stereocenters. The Morgan fingerprint density at radius 1 is 1.09 bits per heavy atom. The average Bonchev–Trinajstić information content (AvgIpc) is 3.50. The van der Waals surface area contributed by atoms with Gasteiger partial charge in [0, 0.05) is 39.1 Å². The molecule has 5 rings (SSSR count). The molecular weight excluding hydrogens is 467 g/mol. The Labute approximate surface area is 207 Å². The smallest absolute Gasteiger partial charge is 0.229 e. The zero-order valence-electron chi connectivity index (χ0n) is 19.9. The van der Waals surface area contributed by atoms with Gasteiger partial charge in [-0.1, -0.05) is 24.2 Å². The summed E-state index contributed by atoms with van der Waals surface area (Å²) in [6.45, 7) is 6.42. The molecule has 3 aromatic rings. The molecule has 3 aromatic heterocycles. The fraction of sp³-hybridized carbons (Fsp3) is 0.458. The fourth-order valence-electron chi connectivity index (χ4n) is 4.55. The lowest BCUT2D eigenvalue weighted by Gasteiger charge is -2.35. The third-order valence-corrected chi connectivity index (χ3v) is 7.61. The average molecular weight is 497 g/mol. The van der Waals surface area contributed by atoms with E-state index in [0.717, 1.165) is 42.4 Å². The molecule has 0 atom stereocenters. The van der Waals surface area contributed by atoms with Crippen molar-refractivity contribution in [3.05, 3.63) is 36.0 Å². The number of hydrogen-bond donors (Lipinski definition) is 2. The molecule has 1 saturated carbocycles. The number of hydrogen-bond acceptors (Lipinski definition) is 9. The minimum atomic E-state index is -0.484. The van der Waals surface area contributed by atoms with Crippen molar-refractivity contribution in [3.8, 4) is 10.6 Å². The molecule has 1 aliphatic heterocycles. The van der Waals surface area contributed by atoms with Crippen molar-refractivity contribution in [3.63, 3.8) is 0 Å². The van der Waals surface area contributed by atoms with E-state index in [2.05, 4.69) is 35.5 Å². The van der Waals surface area contributed by atoms with Gasteiger partial charge >= 0.3 is 0 Å². The van der Waals surface area contributed by atoms with Crippen LogP contribution in [0.2, 0.25) is 0 Å². The normalized spacial score (nSPS) is 16.5. The van der Waals surface area contributed by atoms with Crippen LogP contribution in [-0.2, 0) is 4.79 Å². The summed E-state index contributed by atoms with van der Waals surface area (Å²) in [6, 6.07) is 4.26. The number of amides is 1. The zero-order valence-corrected chi connectivity index (χ0v) is 20.7. The van der Waals surface area contributed by atoms with Crippen LogP contribution in [0.3, 0.4) is 0 Å². The van der Waals surface area contributed by atoms with E-state index in [1.165, 1.54) is 30.4 Å². The van der Waals surface area contributed by atoms with Gasteiger partial charge in [0.05, 0.1) is 28.7 Å². The molecule has 2 N–H and O–H groups in total. The van der Waals surface area contributed by atoms with Gasteiger partial charge in [0.2, 0.25) is 11.9 Å². The SMILES string of the molecule is CC(=O)N1CCN(c2ccc(Nc3ncc(F)c(-c4sc(NC5CCCC5)nc4C)n3)nc2)CC1. The van der Waals surface area contributed by atoms with Crippen LogP contribution >= 0.6 is 11.3 Å². The number of piperazine rings is 1. The summed E-state index contributed by atoms with van der Waals surface area (Å²) in [5, 5.41) is 7.36. The van der Waals surface area contributed by atoms with E-state index in [0.29, 0.717) is 29.8 Å². The topological polar surface area (TPSA) is 99.2 Å². The quantitative estimate of drug-likeness (QED) is 0.524. The first kappa shape index (κ1) is 23.4. The molecular formula is C24H29FN8OS. The van der Waals surface area contributed by atoms with E-state index < -0.39 is 5.82 Å². The lowest BCUT2D eigenvalue weighted by atomic mass is 10.2. The van der Waals surface area contributed by atoms with Crippen LogP contribution < -0.4 is 15.5 Å². The minimum absolute atomic E-state index is 0.107. The molecule has 2 aliphatic rings. The molecule has 1 aliphatic carbocycles. The number of halogens is 1. The van der Waals surface area contributed by atoms with Gasteiger partial charge in [0.25, 0.3) is 0 Å². The van der Waals surface area contributed by atoms with E-state index in [9.17, 15) is 9.18 Å². The largest absolute Gasteiger partial charge is 0.367 e. The molecule has 9 nitrogen and oxygen atoms in total. The Balaban J connectivity index is 1.27. The first-order chi connectivity index (χ1) is 17.0. The molecule has 1 saturated heterocycles. The van der Waals surface area contributed by atoms with Gasteiger partial charge in [-0.2, -0.15) is 0 Å². The van der Waals surface area contributed by atoms with Crippen LogP contribution in [0.4, 0.5) is 27.0 Å². The molecule has 4 heterocycles. The summed E-state index contributed by atoms with van der Waals surface area (Å²) in [6.07, 6.45) is 7.71. The molecule has 0 bridgehead atoms. The lowest BCUT2D eigenvalue weighted by Crippen LogP contribution is -2.48. The fourth-order valence-corrected chi connectivity index (χ4v) is 5.59. The highest BCUT2D eigenvalue weighted by molar-refractivity contribution is 7.19. The summed E-state index contributed by atoms with van der Waals surface area (Å²) in [4.78, 5) is 33.9. The predicted molar refractivity (Wildman–Crippen MR) is 136 cm³/mol. The molecule has 2 fully saturated rings. The number of rotatable bonds is 6. The van der Waals surface area contributed by atoms with Crippen LogP contribution in [0.1, 0.15) is 38.3 Å². The Morgan fingerprint density at radius 3 is 2.54 bits per heavy atom. The molecule has 0 aromatic carbocycles. The molecule has 0 spiro atoms. The van der Waals surface area contributed by atoms with E-state index in [-0.39, 0.29) is 17.5 Å². The maximum absolute atomic E-state index is 14.7. The minimum Gasteiger partial charge on any atom is -0.367 e. The summed E-state index contributed by atoms with van der Waals surface area (Å²) < 4.78 is 14.7. The predicted octanol–water partition coefficient (Wildman–Crippen LogP) is 4.21. The second-order valence-corrected chi connectivity index (χ2v) is 9.97. The number of pyridine rings is 1. The Morgan fingerprint density at radius 2 is 1.86 bits per heavy atom. The van der Waals surface area contributed by atoms with Crippen molar-refractivity contribution >= 4 is 39.8 Å². The summed E-state index contributed by atoms with van der Waals surface area (Å²) in [5.41, 5.74) is 1.96. The van der Waals surface area contributed by atoms with Crippen molar-refractivity contribution in [1.82, 2.24) is 24.8 Å². The number of nitrogens with one attached hydrogen (secondary N) is 2. The summed E-state index contributed by atoms with van der Waals surface area (Å²) in [5.74, 6) is 0.465. The highest BCUT2D eigenvalue weighted by Crippen LogP contribution is 2.35. The van der Waals surface area contributed by atoms with Crippen molar-refractivity contribution in [1.29, 1.82) is 0 Å². The van der Waals surface area contributed by atoms with E-state index in [4.69, 9.17) is 0 Å². The van der Waals surface area contributed by atoms with E-state index in [1.807, 2.05) is 24.0 Å². The standard InChI is InChI=1S/C24H29FN8OS/c1-15-22(35-24(28-15)29-17-5-3-4-6-17)21-19(25)14-27-23(31-21)30-20-8-7-18(13-26-20)33-11-9-32(10-12-33)16(2)34/h7-8,13-14,17H,3-6,9-12H2,1-2H3,(H,28,29)(H,26,27,30,31). The lowest BCUT2D eigenvalue weighted by molar-refractivity contribution is -0.129. The molecule has 35 heavy (non-hydrogen) atoms. The van der Waals surface area contributed by atoms with E-state index >= 15 is 0 Å². The Hall–Kier alpha value is -3.34. The Bertz CT molecular complexity index is 1190. The summed E-state index contributed by atoms with van der Waals surface area (Å²) >= 11 is 1.42. The van der Waals surface area contributed by atoms with Crippen molar-refractivity contribution in [2.45, 2.75) is 45.6 Å². The number of anilines is 4. The third kappa shape index (κ3) is 5.34. The first-order valence-electron chi connectivity index (χ1n) is 12.0. The second-order valence-electron chi connectivity index (χ2n) is 8.97. The monoisotopic (exact) mass is 496 g/mol. The molecule has 184 valence electrons. The maximum atomic E-state index is 14.7. The number of nitrogens with zero attached hydrogens (tertiary/aromatic N) is 6.